The Labute approximate surface area is 164 Å². The van der Waals surface area contributed by atoms with Crippen LogP contribution in [-0.2, 0) is 19.0 Å². The number of aromatic amines is 1. The van der Waals surface area contributed by atoms with Crippen LogP contribution in [0.15, 0.2) is 55.1 Å². The van der Waals surface area contributed by atoms with Gasteiger partial charge in [-0.25, -0.2) is 4.98 Å². The first-order chi connectivity index (χ1) is 13.9. The SMILES string of the molecule is C#Cc1ccnc2[nH]cc(Cc3ccc(Cc4ccc(C(F)(F)F)nc4)nc3)c12. The van der Waals surface area contributed by atoms with Gasteiger partial charge in [0.25, 0.3) is 0 Å². The number of nitrogens with zero attached hydrogens (tertiary/aromatic N) is 3. The molecule has 0 radical (unpaired) electrons. The Balaban J connectivity index is 1.50. The van der Waals surface area contributed by atoms with Gasteiger partial charge < -0.3 is 4.98 Å². The molecule has 7 heteroatoms. The number of nitrogens with one attached hydrogen (secondary N) is 1. The molecule has 0 amide bonds. The lowest BCUT2D eigenvalue weighted by Gasteiger charge is -2.07. The minimum absolute atomic E-state index is 0.406. The number of hydrogen-bond donors (Lipinski definition) is 1. The van der Waals surface area contributed by atoms with Crippen LogP contribution in [0.25, 0.3) is 11.0 Å². The van der Waals surface area contributed by atoms with E-state index in [0.717, 1.165) is 39.5 Å². The molecule has 4 nitrogen and oxygen atoms in total. The van der Waals surface area contributed by atoms with Crippen molar-refractivity contribution in [2.75, 3.05) is 0 Å². The summed E-state index contributed by atoms with van der Waals surface area (Å²) < 4.78 is 37.8. The summed E-state index contributed by atoms with van der Waals surface area (Å²) in [5.41, 5.74) is 4.07. The maximum atomic E-state index is 12.6. The average Bonchev–Trinajstić information content (AvgIpc) is 3.12. The van der Waals surface area contributed by atoms with Crippen molar-refractivity contribution in [1.29, 1.82) is 0 Å². The summed E-state index contributed by atoms with van der Waals surface area (Å²) in [6.45, 7) is 0. The van der Waals surface area contributed by atoms with E-state index in [4.69, 9.17) is 6.42 Å². The van der Waals surface area contributed by atoms with E-state index in [1.807, 2.05) is 18.3 Å². The number of halogens is 3. The minimum Gasteiger partial charge on any atom is -0.346 e. The van der Waals surface area contributed by atoms with Crippen molar-refractivity contribution >= 4 is 11.0 Å². The molecule has 1 N–H and O–H groups in total. The standard InChI is InChI=1S/C22H15F3N4/c1-2-16-7-8-26-21-20(16)17(13-29-21)9-14-3-5-18(27-11-14)10-15-4-6-19(28-12-15)22(23,24)25/h1,3-8,11-13H,9-10H2,(H,26,29). The first-order valence-corrected chi connectivity index (χ1v) is 8.81. The number of alkyl halides is 3. The van der Waals surface area contributed by atoms with Crippen LogP contribution in [0.1, 0.15) is 33.6 Å². The molecule has 29 heavy (non-hydrogen) atoms. The highest BCUT2D eigenvalue weighted by Gasteiger charge is 2.31. The van der Waals surface area contributed by atoms with Gasteiger partial charge >= 0.3 is 6.18 Å². The molecule has 4 rings (SSSR count). The van der Waals surface area contributed by atoms with E-state index in [1.165, 1.54) is 12.3 Å². The van der Waals surface area contributed by atoms with Crippen molar-refractivity contribution in [2.45, 2.75) is 19.0 Å². The van der Waals surface area contributed by atoms with Crippen LogP contribution in [0.4, 0.5) is 13.2 Å². The maximum Gasteiger partial charge on any atom is 0.433 e. The molecule has 0 aliphatic rings. The Kier molecular flexibility index (Phi) is 4.77. The van der Waals surface area contributed by atoms with Gasteiger partial charge in [-0.1, -0.05) is 18.1 Å². The molecule has 0 bridgehead atoms. The highest BCUT2D eigenvalue weighted by molar-refractivity contribution is 5.86. The average molecular weight is 392 g/mol. The Morgan fingerprint density at radius 2 is 1.69 bits per heavy atom. The molecular weight excluding hydrogens is 377 g/mol. The van der Waals surface area contributed by atoms with Gasteiger partial charge in [-0.15, -0.1) is 6.42 Å². The third-order valence-corrected chi connectivity index (χ3v) is 4.59. The molecule has 144 valence electrons. The van der Waals surface area contributed by atoms with Crippen LogP contribution in [-0.4, -0.2) is 19.9 Å². The molecule has 4 heterocycles. The summed E-state index contributed by atoms with van der Waals surface area (Å²) >= 11 is 0. The van der Waals surface area contributed by atoms with Crippen molar-refractivity contribution in [1.82, 2.24) is 19.9 Å². The fourth-order valence-corrected chi connectivity index (χ4v) is 3.17. The summed E-state index contributed by atoms with van der Waals surface area (Å²) in [6, 6.07) is 8.02. The zero-order valence-corrected chi connectivity index (χ0v) is 15.2. The van der Waals surface area contributed by atoms with E-state index in [0.29, 0.717) is 18.4 Å². The molecule has 0 spiro atoms. The number of H-pyrrole nitrogens is 1. The molecule has 0 unspecified atom stereocenters. The molecule has 0 aliphatic heterocycles. The summed E-state index contributed by atoms with van der Waals surface area (Å²) in [4.78, 5) is 15.3. The second-order valence-corrected chi connectivity index (χ2v) is 6.60. The van der Waals surface area contributed by atoms with Gasteiger partial charge in [0.15, 0.2) is 0 Å². The third kappa shape index (κ3) is 3.97. The largest absolute Gasteiger partial charge is 0.433 e. The van der Waals surface area contributed by atoms with Crippen LogP contribution in [0.5, 0.6) is 0 Å². The van der Waals surface area contributed by atoms with Gasteiger partial charge in [0.2, 0.25) is 0 Å². The monoisotopic (exact) mass is 392 g/mol. The molecule has 0 saturated heterocycles. The number of terminal acetylenes is 1. The molecule has 4 aromatic heterocycles. The Hall–Kier alpha value is -3.66. The summed E-state index contributed by atoms with van der Waals surface area (Å²) in [7, 11) is 0. The van der Waals surface area contributed by atoms with Gasteiger partial charge in [-0.05, 0) is 34.9 Å². The van der Waals surface area contributed by atoms with Crippen molar-refractivity contribution in [3.05, 3.63) is 88.8 Å². The van der Waals surface area contributed by atoms with Gasteiger partial charge in [0.05, 0.1) is 0 Å². The zero-order valence-electron chi connectivity index (χ0n) is 15.2. The smallest absolute Gasteiger partial charge is 0.346 e. The fourth-order valence-electron chi connectivity index (χ4n) is 3.17. The van der Waals surface area contributed by atoms with Gasteiger partial charge in [-0.3, -0.25) is 9.97 Å². The van der Waals surface area contributed by atoms with Crippen LogP contribution >= 0.6 is 0 Å². The van der Waals surface area contributed by atoms with E-state index in [1.54, 1.807) is 18.5 Å². The summed E-state index contributed by atoms with van der Waals surface area (Å²) in [6.07, 6.45) is 8.75. The van der Waals surface area contributed by atoms with Crippen molar-refractivity contribution in [3.63, 3.8) is 0 Å². The lowest BCUT2D eigenvalue weighted by Crippen LogP contribution is -2.07. The van der Waals surface area contributed by atoms with E-state index in [-0.39, 0.29) is 0 Å². The van der Waals surface area contributed by atoms with E-state index < -0.39 is 11.9 Å². The topological polar surface area (TPSA) is 54.5 Å². The quantitative estimate of drug-likeness (QED) is 0.519. The minimum atomic E-state index is -4.43. The predicted octanol–water partition coefficient (Wildman–Crippen LogP) is 4.53. The predicted molar refractivity (Wildman–Crippen MR) is 103 cm³/mol. The molecular formula is C22H15F3N4. The fraction of sp³-hybridized carbons (Fsp3) is 0.136. The number of pyridine rings is 3. The lowest BCUT2D eigenvalue weighted by atomic mass is 10.0. The molecule has 0 aromatic carbocycles. The number of fused-ring (bicyclic) bond motifs is 1. The van der Waals surface area contributed by atoms with Gasteiger partial charge in [0, 0.05) is 54.3 Å². The second kappa shape index (κ2) is 7.40. The summed E-state index contributed by atoms with van der Waals surface area (Å²) in [5, 5.41) is 0.926. The Bertz CT molecular complexity index is 1180. The molecule has 0 aliphatic carbocycles. The first-order valence-electron chi connectivity index (χ1n) is 8.81. The van der Waals surface area contributed by atoms with Crippen molar-refractivity contribution < 1.29 is 13.2 Å². The normalized spacial score (nSPS) is 11.5. The first kappa shape index (κ1) is 18.7. The number of rotatable bonds is 4. The second-order valence-electron chi connectivity index (χ2n) is 6.60. The zero-order chi connectivity index (χ0) is 20.4. The van der Waals surface area contributed by atoms with Crippen LogP contribution in [0.2, 0.25) is 0 Å². The van der Waals surface area contributed by atoms with Crippen molar-refractivity contribution in [2.24, 2.45) is 0 Å². The number of hydrogen-bond acceptors (Lipinski definition) is 3. The summed E-state index contributed by atoms with van der Waals surface area (Å²) in [5.74, 6) is 2.68. The highest BCUT2D eigenvalue weighted by Crippen LogP contribution is 2.27. The lowest BCUT2D eigenvalue weighted by molar-refractivity contribution is -0.141. The molecule has 4 aromatic rings. The van der Waals surface area contributed by atoms with Crippen LogP contribution < -0.4 is 0 Å². The van der Waals surface area contributed by atoms with E-state index in [2.05, 4.69) is 25.9 Å². The maximum absolute atomic E-state index is 12.6. The van der Waals surface area contributed by atoms with E-state index >= 15 is 0 Å². The number of aromatic nitrogens is 4. The highest BCUT2D eigenvalue weighted by atomic mass is 19.4. The van der Waals surface area contributed by atoms with E-state index in [9.17, 15) is 13.2 Å². The Morgan fingerprint density at radius 3 is 2.34 bits per heavy atom. The van der Waals surface area contributed by atoms with Gasteiger partial charge in [0.1, 0.15) is 11.3 Å². The van der Waals surface area contributed by atoms with Crippen LogP contribution in [0.3, 0.4) is 0 Å². The third-order valence-electron chi connectivity index (χ3n) is 4.59. The van der Waals surface area contributed by atoms with Crippen LogP contribution in [0, 0.1) is 12.3 Å². The molecule has 0 fully saturated rings. The van der Waals surface area contributed by atoms with Crippen molar-refractivity contribution in [3.8, 4) is 12.3 Å². The Morgan fingerprint density at radius 1 is 0.931 bits per heavy atom. The molecule has 0 saturated carbocycles. The van der Waals surface area contributed by atoms with Gasteiger partial charge in [-0.2, -0.15) is 13.2 Å². The molecule has 0 atom stereocenters.